The standard InChI is InChI=1S/C18H16FNO4/c1-18(2)8-14-12(15(21)9-18)7-13(17(23)24)16(22)20(14)11-5-3-4-10(19)6-11/h3-7H,8-9H2,1-2H3,(H,23,24). The second-order valence-electron chi connectivity index (χ2n) is 6.78. The molecule has 6 heteroatoms. The number of hydrogen-bond acceptors (Lipinski definition) is 3. The Morgan fingerprint density at radius 1 is 1.21 bits per heavy atom. The van der Waals surface area contributed by atoms with E-state index in [1.165, 1.54) is 18.2 Å². The van der Waals surface area contributed by atoms with E-state index in [4.69, 9.17) is 0 Å². The predicted molar refractivity (Wildman–Crippen MR) is 85.4 cm³/mol. The zero-order valence-corrected chi connectivity index (χ0v) is 13.3. The lowest BCUT2D eigenvalue weighted by molar-refractivity contribution is 0.0694. The van der Waals surface area contributed by atoms with Gasteiger partial charge < -0.3 is 5.11 Å². The highest BCUT2D eigenvalue weighted by atomic mass is 19.1. The topological polar surface area (TPSA) is 76.4 Å². The highest BCUT2D eigenvalue weighted by molar-refractivity contribution is 6.01. The lowest BCUT2D eigenvalue weighted by Gasteiger charge is -2.32. The molecule has 1 aromatic carbocycles. The second-order valence-corrected chi connectivity index (χ2v) is 6.78. The summed E-state index contributed by atoms with van der Waals surface area (Å²) in [5.74, 6) is -2.17. The first-order chi connectivity index (χ1) is 11.2. The summed E-state index contributed by atoms with van der Waals surface area (Å²) in [5, 5.41) is 9.28. The molecule has 2 aromatic rings. The Hall–Kier alpha value is -2.76. The third-order valence-electron chi connectivity index (χ3n) is 4.19. The van der Waals surface area contributed by atoms with Crippen LogP contribution in [0.5, 0.6) is 0 Å². The van der Waals surface area contributed by atoms with E-state index in [-0.39, 0.29) is 28.9 Å². The van der Waals surface area contributed by atoms with Gasteiger partial charge in [-0.2, -0.15) is 0 Å². The van der Waals surface area contributed by atoms with Crippen LogP contribution < -0.4 is 5.56 Å². The normalized spacial score (nSPS) is 15.9. The highest BCUT2D eigenvalue weighted by Crippen LogP contribution is 2.35. The minimum Gasteiger partial charge on any atom is -0.477 e. The number of hydrogen-bond donors (Lipinski definition) is 1. The molecule has 3 rings (SSSR count). The first-order valence-corrected chi connectivity index (χ1v) is 7.51. The molecule has 0 spiro atoms. The van der Waals surface area contributed by atoms with Crippen molar-refractivity contribution >= 4 is 11.8 Å². The van der Waals surface area contributed by atoms with Crippen LogP contribution in [0.25, 0.3) is 5.69 Å². The van der Waals surface area contributed by atoms with Crippen molar-refractivity contribution in [3.05, 3.63) is 63.3 Å². The van der Waals surface area contributed by atoms with Crippen LogP contribution in [0.3, 0.4) is 0 Å². The fourth-order valence-corrected chi connectivity index (χ4v) is 3.16. The molecule has 24 heavy (non-hydrogen) atoms. The molecule has 5 nitrogen and oxygen atoms in total. The van der Waals surface area contributed by atoms with Crippen molar-refractivity contribution in [1.29, 1.82) is 0 Å². The van der Waals surface area contributed by atoms with Gasteiger partial charge in [-0.3, -0.25) is 14.2 Å². The van der Waals surface area contributed by atoms with E-state index in [0.717, 1.165) is 16.7 Å². The van der Waals surface area contributed by atoms with Crippen molar-refractivity contribution in [2.75, 3.05) is 0 Å². The largest absolute Gasteiger partial charge is 0.477 e. The molecule has 1 heterocycles. The van der Waals surface area contributed by atoms with Crippen molar-refractivity contribution < 1.29 is 19.1 Å². The fraction of sp³-hybridized carbons (Fsp3) is 0.278. The Balaban J connectivity index is 2.40. The number of rotatable bonds is 2. The van der Waals surface area contributed by atoms with Crippen molar-refractivity contribution in [3.63, 3.8) is 0 Å². The predicted octanol–water partition coefficient (Wildman–Crippen LogP) is 2.83. The quantitative estimate of drug-likeness (QED) is 0.919. The summed E-state index contributed by atoms with van der Waals surface area (Å²) in [6.07, 6.45) is 0.681. The van der Waals surface area contributed by atoms with Crippen LogP contribution in [-0.4, -0.2) is 21.4 Å². The van der Waals surface area contributed by atoms with E-state index in [1.807, 2.05) is 13.8 Å². The number of pyridine rings is 1. The molecule has 0 amide bonds. The molecule has 1 aromatic heterocycles. The number of carbonyl (C=O) groups excluding carboxylic acids is 1. The summed E-state index contributed by atoms with van der Waals surface area (Å²) in [6, 6.07) is 6.49. The fourth-order valence-electron chi connectivity index (χ4n) is 3.16. The first-order valence-electron chi connectivity index (χ1n) is 7.51. The molecule has 0 saturated carbocycles. The van der Waals surface area contributed by atoms with Gasteiger partial charge in [0.1, 0.15) is 11.4 Å². The minimum absolute atomic E-state index is 0.213. The Morgan fingerprint density at radius 2 is 1.92 bits per heavy atom. The number of carboxylic acid groups (broad SMARTS) is 1. The van der Waals surface area contributed by atoms with Crippen LogP contribution in [0.1, 0.15) is 46.7 Å². The van der Waals surface area contributed by atoms with E-state index in [9.17, 15) is 23.9 Å². The van der Waals surface area contributed by atoms with Crippen molar-refractivity contribution in [2.24, 2.45) is 5.41 Å². The summed E-state index contributed by atoms with van der Waals surface area (Å²) in [5.41, 5.74) is -0.767. The average Bonchev–Trinajstić information content (AvgIpc) is 2.45. The van der Waals surface area contributed by atoms with Crippen LogP contribution in [0.15, 0.2) is 35.1 Å². The molecule has 0 unspecified atom stereocenters. The third kappa shape index (κ3) is 2.64. The van der Waals surface area contributed by atoms with Crippen LogP contribution in [-0.2, 0) is 6.42 Å². The van der Waals surface area contributed by atoms with E-state index < -0.39 is 22.9 Å². The average molecular weight is 329 g/mol. The van der Waals surface area contributed by atoms with Gasteiger partial charge >= 0.3 is 5.97 Å². The van der Waals surface area contributed by atoms with E-state index in [2.05, 4.69) is 0 Å². The molecule has 0 radical (unpaired) electrons. The smallest absolute Gasteiger partial charge is 0.341 e. The molecule has 1 N–H and O–H groups in total. The maximum atomic E-state index is 13.6. The molecular formula is C18H16FNO4. The van der Waals surface area contributed by atoms with Gasteiger partial charge in [0.25, 0.3) is 5.56 Å². The zero-order valence-electron chi connectivity index (χ0n) is 13.3. The number of ketones is 1. The minimum atomic E-state index is -1.41. The van der Waals surface area contributed by atoms with Crippen molar-refractivity contribution in [1.82, 2.24) is 4.57 Å². The van der Waals surface area contributed by atoms with Gasteiger partial charge in [0.2, 0.25) is 0 Å². The third-order valence-corrected chi connectivity index (χ3v) is 4.19. The molecule has 0 fully saturated rings. The molecule has 1 aliphatic carbocycles. The monoisotopic (exact) mass is 329 g/mol. The maximum Gasteiger partial charge on any atom is 0.341 e. The second kappa shape index (κ2) is 5.40. The van der Waals surface area contributed by atoms with Crippen molar-refractivity contribution in [3.8, 4) is 5.69 Å². The number of nitrogens with zero attached hydrogens (tertiary/aromatic N) is 1. The van der Waals surface area contributed by atoms with Crippen molar-refractivity contribution in [2.45, 2.75) is 26.7 Å². The maximum absolute atomic E-state index is 13.6. The number of aromatic nitrogens is 1. The molecule has 0 saturated heterocycles. The number of carboxylic acids is 1. The highest BCUT2D eigenvalue weighted by Gasteiger charge is 2.35. The van der Waals surface area contributed by atoms with Gasteiger partial charge in [-0.25, -0.2) is 9.18 Å². The molecule has 0 aliphatic heterocycles. The Labute approximate surface area is 137 Å². The number of halogens is 1. The molecule has 0 atom stereocenters. The van der Waals surface area contributed by atoms with Gasteiger partial charge in [0, 0.05) is 17.7 Å². The summed E-state index contributed by atoms with van der Waals surface area (Å²) in [4.78, 5) is 36.5. The lowest BCUT2D eigenvalue weighted by Crippen LogP contribution is -2.36. The summed E-state index contributed by atoms with van der Waals surface area (Å²) in [7, 11) is 0. The van der Waals surface area contributed by atoms with Gasteiger partial charge in [0.05, 0.1) is 5.69 Å². The molecule has 0 bridgehead atoms. The molecular weight excluding hydrogens is 313 g/mol. The number of aromatic carboxylic acids is 1. The number of carbonyl (C=O) groups is 2. The van der Waals surface area contributed by atoms with Crippen LogP contribution in [0, 0.1) is 11.2 Å². The van der Waals surface area contributed by atoms with E-state index in [1.54, 1.807) is 0 Å². The zero-order chi connectivity index (χ0) is 17.6. The van der Waals surface area contributed by atoms with Gasteiger partial charge in [-0.1, -0.05) is 19.9 Å². The number of benzene rings is 1. The summed E-state index contributed by atoms with van der Waals surface area (Å²) in [6.45, 7) is 3.80. The SMILES string of the molecule is CC1(C)CC(=O)c2cc(C(=O)O)c(=O)n(-c3cccc(F)c3)c2C1. The van der Waals surface area contributed by atoms with E-state index >= 15 is 0 Å². The Kier molecular flexibility index (Phi) is 3.63. The Bertz CT molecular complexity index is 927. The summed E-state index contributed by atoms with van der Waals surface area (Å²) < 4.78 is 14.8. The summed E-state index contributed by atoms with van der Waals surface area (Å²) >= 11 is 0. The van der Waals surface area contributed by atoms with Crippen LogP contribution in [0.4, 0.5) is 4.39 Å². The van der Waals surface area contributed by atoms with Crippen LogP contribution >= 0.6 is 0 Å². The molecule has 124 valence electrons. The van der Waals surface area contributed by atoms with Crippen LogP contribution in [0.2, 0.25) is 0 Å². The molecule has 1 aliphatic rings. The first kappa shape index (κ1) is 16.1. The Morgan fingerprint density at radius 3 is 2.54 bits per heavy atom. The number of fused-ring (bicyclic) bond motifs is 1. The van der Waals surface area contributed by atoms with Gasteiger partial charge in [-0.15, -0.1) is 0 Å². The van der Waals surface area contributed by atoms with Gasteiger partial charge in [-0.05, 0) is 36.1 Å². The lowest BCUT2D eigenvalue weighted by atomic mass is 9.75. The van der Waals surface area contributed by atoms with E-state index in [0.29, 0.717) is 12.1 Å². The number of Topliss-reactive ketones (excluding diaryl/α,β-unsaturated/α-hetero) is 1. The van der Waals surface area contributed by atoms with Gasteiger partial charge in [0.15, 0.2) is 5.78 Å².